The lowest BCUT2D eigenvalue weighted by atomic mass is 10.1. The van der Waals surface area contributed by atoms with Crippen molar-refractivity contribution in [2.45, 2.75) is 6.42 Å². The Balaban J connectivity index is 1.42. The van der Waals surface area contributed by atoms with E-state index in [2.05, 4.69) is 10.1 Å². The van der Waals surface area contributed by atoms with Gasteiger partial charge in [-0.2, -0.15) is 0 Å². The predicted molar refractivity (Wildman–Crippen MR) is 104 cm³/mol. The molecule has 8 heteroatoms. The zero-order valence-electron chi connectivity index (χ0n) is 15.8. The molecular weight excluding hydrogens is 376 g/mol. The van der Waals surface area contributed by atoms with Crippen LogP contribution in [0.5, 0.6) is 11.5 Å². The first-order valence-electron chi connectivity index (χ1n) is 9.24. The Labute approximate surface area is 167 Å². The van der Waals surface area contributed by atoms with Gasteiger partial charge in [0.1, 0.15) is 13.2 Å². The number of nitrogens with zero attached hydrogens (tertiary/aromatic N) is 1. The normalized spacial score (nSPS) is 17.8. The van der Waals surface area contributed by atoms with Crippen molar-refractivity contribution >= 4 is 29.2 Å². The smallest absolute Gasteiger partial charge is 0.337 e. The Morgan fingerprint density at radius 2 is 1.79 bits per heavy atom. The van der Waals surface area contributed by atoms with Crippen molar-refractivity contribution in [1.82, 2.24) is 0 Å². The fraction of sp³-hybridized carbons (Fsp3) is 0.286. The monoisotopic (exact) mass is 396 g/mol. The van der Waals surface area contributed by atoms with Crippen LogP contribution in [0.3, 0.4) is 0 Å². The lowest BCUT2D eigenvalue weighted by Gasteiger charge is -2.22. The van der Waals surface area contributed by atoms with E-state index in [1.54, 1.807) is 47.4 Å². The highest BCUT2D eigenvalue weighted by molar-refractivity contribution is 6.03. The van der Waals surface area contributed by atoms with Crippen LogP contribution in [-0.2, 0) is 14.3 Å². The Kier molecular flexibility index (Phi) is 5.07. The van der Waals surface area contributed by atoms with Gasteiger partial charge in [0.25, 0.3) is 0 Å². The van der Waals surface area contributed by atoms with Gasteiger partial charge in [-0.05, 0) is 36.4 Å². The van der Waals surface area contributed by atoms with E-state index in [0.29, 0.717) is 41.7 Å². The number of hydrogen-bond donors (Lipinski definition) is 1. The highest BCUT2D eigenvalue weighted by atomic mass is 16.6. The van der Waals surface area contributed by atoms with Crippen molar-refractivity contribution in [3.8, 4) is 11.5 Å². The van der Waals surface area contributed by atoms with Gasteiger partial charge in [0, 0.05) is 30.4 Å². The summed E-state index contributed by atoms with van der Waals surface area (Å²) in [4.78, 5) is 38.2. The fourth-order valence-corrected chi connectivity index (χ4v) is 3.38. The second kappa shape index (κ2) is 7.83. The minimum Gasteiger partial charge on any atom is -0.486 e. The molecule has 2 heterocycles. The summed E-state index contributed by atoms with van der Waals surface area (Å²) in [6.45, 7) is 1.24. The maximum absolute atomic E-state index is 12.6. The van der Waals surface area contributed by atoms with E-state index >= 15 is 0 Å². The maximum atomic E-state index is 12.6. The number of fused-ring (bicyclic) bond motifs is 1. The Hall–Kier alpha value is -3.55. The second-order valence-corrected chi connectivity index (χ2v) is 6.79. The van der Waals surface area contributed by atoms with Crippen LogP contribution in [-0.4, -0.2) is 44.7 Å². The van der Waals surface area contributed by atoms with Gasteiger partial charge in [-0.25, -0.2) is 4.79 Å². The summed E-state index contributed by atoms with van der Waals surface area (Å²) < 4.78 is 15.7. The molecule has 0 bridgehead atoms. The summed E-state index contributed by atoms with van der Waals surface area (Å²) in [5.41, 5.74) is 1.62. The SMILES string of the molecule is COC(=O)c1ccc(NC(=O)[C@H]2CC(=O)N(c3ccc4c(c3)OCCO4)C2)cc1. The van der Waals surface area contributed by atoms with E-state index in [9.17, 15) is 14.4 Å². The lowest BCUT2D eigenvalue weighted by Crippen LogP contribution is -2.28. The molecule has 2 aliphatic rings. The molecule has 1 saturated heterocycles. The molecule has 2 amide bonds. The minimum absolute atomic E-state index is 0.122. The number of methoxy groups -OCH3 is 1. The summed E-state index contributed by atoms with van der Waals surface area (Å²) in [5, 5.41) is 2.80. The number of carbonyl (C=O) groups excluding carboxylic acids is 3. The molecule has 0 saturated carbocycles. The second-order valence-electron chi connectivity index (χ2n) is 6.79. The number of hydrogen-bond acceptors (Lipinski definition) is 6. The zero-order chi connectivity index (χ0) is 20.4. The summed E-state index contributed by atoms with van der Waals surface area (Å²) in [6, 6.07) is 11.7. The quantitative estimate of drug-likeness (QED) is 0.797. The van der Waals surface area contributed by atoms with Crippen LogP contribution in [0, 0.1) is 5.92 Å². The molecule has 2 aromatic rings. The lowest BCUT2D eigenvalue weighted by molar-refractivity contribution is -0.122. The zero-order valence-corrected chi connectivity index (χ0v) is 15.8. The van der Waals surface area contributed by atoms with Crippen LogP contribution < -0.4 is 19.7 Å². The summed E-state index contributed by atoms with van der Waals surface area (Å²) >= 11 is 0. The summed E-state index contributed by atoms with van der Waals surface area (Å²) in [6.07, 6.45) is 0.126. The van der Waals surface area contributed by atoms with E-state index in [4.69, 9.17) is 9.47 Å². The molecule has 8 nitrogen and oxygen atoms in total. The predicted octanol–water partition coefficient (Wildman–Crippen LogP) is 2.24. The van der Waals surface area contributed by atoms with Crippen LogP contribution in [0.25, 0.3) is 0 Å². The third kappa shape index (κ3) is 3.87. The van der Waals surface area contributed by atoms with Crippen molar-refractivity contribution in [1.29, 1.82) is 0 Å². The molecule has 0 unspecified atom stereocenters. The van der Waals surface area contributed by atoms with Gasteiger partial charge >= 0.3 is 5.97 Å². The van der Waals surface area contributed by atoms with E-state index in [1.807, 2.05) is 0 Å². The molecule has 4 rings (SSSR count). The van der Waals surface area contributed by atoms with Crippen molar-refractivity contribution < 1.29 is 28.6 Å². The molecule has 2 aliphatic heterocycles. The number of ether oxygens (including phenoxy) is 3. The number of benzene rings is 2. The first-order valence-corrected chi connectivity index (χ1v) is 9.24. The third-order valence-electron chi connectivity index (χ3n) is 4.91. The molecule has 1 atom stereocenters. The fourth-order valence-electron chi connectivity index (χ4n) is 3.38. The van der Waals surface area contributed by atoms with Gasteiger partial charge in [0.15, 0.2) is 11.5 Å². The average Bonchev–Trinajstić information content (AvgIpc) is 3.15. The molecule has 0 aliphatic carbocycles. The molecule has 2 aromatic carbocycles. The van der Waals surface area contributed by atoms with E-state index in [-0.39, 0.29) is 24.8 Å². The summed E-state index contributed by atoms with van der Waals surface area (Å²) in [7, 11) is 1.31. The average molecular weight is 396 g/mol. The largest absolute Gasteiger partial charge is 0.486 e. The Morgan fingerprint density at radius 1 is 1.07 bits per heavy atom. The standard InChI is InChI=1S/C21H20N2O6/c1-27-21(26)13-2-4-15(5-3-13)22-20(25)14-10-19(24)23(12-14)16-6-7-17-18(11-16)29-9-8-28-17/h2-7,11,14H,8-10,12H2,1H3,(H,22,25)/t14-/m0/s1. The molecule has 1 fully saturated rings. The van der Waals surface area contributed by atoms with Crippen LogP contribution in [0.2, 0.25) is 0 Å². The van der Waals surface area contributed by atoms with Crippen molar-refractivity contribution in [3.63, 3.8) is 0 Å². The molecule has 29 heavy (non-hydrogen) atoms. The van der Waals surface area contributed by atoms with Crippen LogP contribution in [0.15, 0.2) is 42.5 Å². The summed E-state index contributed by atoms with van der Waals surface area (Å²) in [5.74, 6) is -0.0427. The van der Waals surface area contributed by atoms with Crippen LogP contribution in [0.1, 0.15) is 16.8 Å². The number of rotatable bonds is 4. The highest BCUT2D eigenvalue weighted by Gasteiger charge is 2.35. The maximum Gasteiger partial charge on any atom is 0.337 e. The number of carbonyl (C=O) groups is 3. The number of nitrogens with one attached hydrogen (secondary N) is 1. The van der Waals surface area contributed by atoms with Crippen molar-refractivity contribution in [3.05, 3.63) is 48.0 Å². The molecular formula is C21H20N2O6. The van der Waals surface area contributed by atoms with E-state index in [0.717, 1.165) is 0 Å². The first-order chi connectivity index (χ1) is 14.0. The van der Waals surface area contributed by atoms with Crippen LogP contribution >= 0.6 is 0 Å². The molecule has 150 valence electrons. The van der Waals surface area contributed by atoms with Gasteiger partial charge in [-0.15, -0.1) is 0 Å². The topological polar surface area (TPSA) is 94.2 Å². The van der Waals surface area contributed by atoms with E-state index in [1.165, 1.54) is 7.11 Å². The third-order valence-corrected chi connectivity index (χ3v) is 4.91. The number of amides is 2. The molecule has 0 aromatic heterocycles. The Morgan fingerprint density at radius 3 is 2.52 bits per heavy atom. The van der Waals surface area contributed by atoms with E-state index < -0.39 is 11.9 Å². The van der Waals surface area contributed by atoms with Gasteiger partial charge < -0.3 is 24.4 Å². The number of esters is 1. The van der Waals surface area contributed by atoms with Gasteiger partial charge in [-0.1, -0.05) is 0 Å². The van der Waals surface area contributed by atoms with Gasteiger partial charge in [0.05, 0.1) is 18.6 Å². The molecule has 1 N–H and O–H groups in total. The van der Waals surface area contributed by atoms with Crippen molar-refractivity contribution in [2.24, 2.45) is 5.92 Å². The van der Waals surface area contributed by atoms with Gasteiger partial charge in [-0.3, -0.25) is 9.59 Å². The Bertz CT molecular complexity index is 956. The molecule has 0 radical (unpaired) electrons. The minimum atomic E-state index is -0.476. The highest BCUT2D eigenvalue weighted by Crippen LogP contribution is 2.36. The van der Waals surface area contributed by atoms with Crippen molar-refractivity contribution in [2.75, 3.05) is 37.1 Å². The first kappa shape index (κ1) is 18.8. The van der Waals surface area contributed by atoms with Gasteiger partial charge in [0.2, 0.25) is 11.8 Å². The van der Waals surface area contributed by atoms with Crippen LogP contribution in [0.4, 0.5) is 11.4 Å². The number of anilines is 2. The molecule has 0 spiro atoms.